The third-order valence-electron chi connectivity index (χ3n) is 5.03. The van der Waals surface area contributed by atoms with Crippen LogP contribution in [0.2, 0.25) is 0 Å². The Kier molecular flexibility index (Phi) is 5.00. The normalized spacial score (nSPS) is 17.9. The van der Waals surface area contributed by atoms with Crippen LogP contribution in [0, 0.1) is 6.92 Å². The molecule has 0 bridgehead atoms. The molecule has 1 N–H and O–H groups in total. The number of benzene rings is 2. The van der Waals surface area contributed by atoms with Crippen LogP contribution in [-0.4, -0.2) is 19.1 Å². The fourth-order valence-electron chi connectivity index (χ4n) is 3.40. The number of aryl methyl sites for hydroxylation is 1. The van der Waals surface area contributed by atoms with Gasteiger partial charge in [-0.2, -0.15) is 0 Å². The van der Waals surface area contributed by atoms with Crippen LogP contribution < -0.4 is 5.32 Å². The molecule has 0 aromatic heterocycles. The van der Waals surface area contributed by atoms with Crippen LogP contribution in [0.25, 0.3) is 0 Å². The van der Waals surface area contributed by atoms with Crippen LogP contribution in [0.1, 0.15) is 42.5 Å². The highest BCUT2D eigenvalue weighted by molar-refractivity contribution is 5.88. The Balaban J connectivity index is 1.83. The number of carbonyl (C=O) groups is 1. The summed E-state index contributed by atoms with van der Waals surface area (Å²) in [7, 11) is 0. The zero-order chi connectivity index (χ0) is 17.0. The van der Waals surface area contributed by atoms with Crippen LogP contribution in [0.5, 0.6) is 0 Å². The Morgan fingerprint density at radius 1 is 1.04 bits per heavy atom. The van der Waals surface area contributed by atoms with Gasteiger partial charge in [0.25, 0.3) is 0 Å². The molecule has 1 aliphatic rings. The van der Waals surface area contributed by atoms with E-state index in [4.69, 9.17) is 4.74 Å². The Morgan fingerprint density at radius 2 is 1.67 bits per heavy atom. The highest BCUT2D eigenvalue weighted by Gasteiger charge is 2.41. The van der Waals surface area contributed by atoms with Gasteiger partial charge in [-0.05, 0) is 37.8 Å². The lowest BCUT2D eigenvalue weighted by Gasteiger charge is -2.37. The summed E-state index contributed by atoms with van der Waals surface area (Å²) < 4.78 is 5.52. The van der Waals surface area contributed by atoms with E-state index in [0.29, 0.717) is 13.2 Å². The number of hydrogen-bond acceptors (Lipinski definition) is 2. The molecular weight excluding hydrogens is 298 g/mol. The number of amides is 1. The summed E-state index contributed by atoms with van der Waals surface area (Å²) in [5.41, 5.74) is 2.95. The van der Waals surface area contributed by atoms with Gasteiger partial charge in [0.05, 0.1) is 11.5 Å². The van der Waals surface area contributed by atoms with Crippen molar-refractivity contribution < 1.29 is 9.53 Å². The first kappa shape index (κ1) is 16.7. The van der Waals surface area contributed by atoms with E-state index in [1.165, 1.54) is 5.56 Å². The summed E-state index contributed by atoms with van der Waals surface area (Å²) in [6.45, 7) is 5.36. The molecule has 1 saturated heterocycles. The van der Waals surface area contributed by atoms with Gasteiger partial charge in [-0.25, -0.2) is 0 Å². The average Bonchev–Trinajstić information content (AvgIpc) is 2.63. The monoisotopic (exact) mass is 323 g/mol. The second kappa shape index (κ2) is 7.18. The van der Waals surface area contributed by atoms with E-state index < -0.39 is 5.41 Å². The third-order valence-corrected chi connectivity index (χ3v) is 5.03. The van der Waals surface area contributed by atoms with Crippen molar-refractivity contribution in [3.05, 3.63) is 71.3 Å². The van der Waals surface area contributed by atoms with E-state index in [-0.39, 0.29) is 11.9 Å². The standard InChI is InChI=1S/C21H25NO2/c1-16-8-10-18(11-9-16)17(2)22-20(23)21(12-14-24-15-13-21)19-6-4-3-5-7-19/h3-11,17H,12-15H2,1-2H3,(H,22,23). The summed E-state index contributed by atoms with van der Waals surface area (Å²) in [4.78, 5) is 13.2. The van der Waals surface area contributed by atoms with Crippen molar-refractivity contribution in [1.82, 2.24) is 5.32 Å². The molecule has 3 heteroatoms. The van der Waals surface area contributed by atoms with Gasteiger partial charge in [-0.3, -0.25) is 4.79 Å². The minimum atomic E-state index is -0.488. The van der Waals surface area contributed by atoms with Crippen LogP contribution >= 0.6 is 0 Å². The lowest BCUT2D eigenvalue weighted by Crippen LogP contribution is -2.48. The summed E-state index contributed by atoms with van der Waals surface area (Å²) in [5, 5.41) is 3.23. The Hall–Kier alpha value is -2.13. The molecule has 2 aromatic carbocycles. The molecule has 3 rings (SSSR count). The van der Waals surface area contributed by atoms with Crippen LogP contribution in [0.15, 0.2) is 54.6 Å². The van der Waals surface area contributed by atoms with Gasteiger partial charge in [0.2, 0.25) is 5.91 Å². The Labute approximate surface area is 144 Å². The smallest absolute Gasteiger partial charge is 0.231 e. The number of carbonyl (C=O) groups excluding carboxylic acids is 1. The topological polar surface area (TPSA) is 38.3 Å². The predicted molar refractivity (Wildman–Crippen MR) is 95.9 cm³/mol. The van der Waals surface area contributed by atoms with Crippen molar-refractivity contribution in [3.63, 3.8) is 0 Å². The predicted octanol–water partition coefficient (Wildman–Crippen LogP) is 3.92. The molecule has 1 aliphatic heterocycles. The first-order valence-electron chi connectivity index (χ1n) is 8.63. The molecule has 24 heavy (non-hydrogen) atoms. The minimum absolute atomic E-state index is 0.0125. The van der Waals surface area contributed by atoms with Gasteiger partial charge >= 0.3 is 0 Å². The molecule has 0 saturated carbocycles. The van der Waals surface area contributed by atoms with Crippen LogP contribution in [0.3, 0.4) is 0 Å². The maximum absolute atomic E-state index is 13.2. The molecule has 3 nitrogen and oxygen atoms in total. The van der Waals surface area contributed by atoms with Crippen molar-refractivity contribution in [2.75, 3.05) is 13.2 Å². The van der Waals surface area contributed by atoms with Gasteiger partial charge < -0.3 is 10.1 Å². The zero-order valence-electron chi connectivity index (χ0n) is 14.4. The summed E-state index contributed by atoms with van der Waals surface area (Å²) in [6, 6.07) is 18.4. The van der Waals surface area contributed by atoms with Crippen LogP contribution in [-0.2, 0) is 14.9 Å². The molecule has 0 aliphatic carbocycles. The molecule has 1 atom stereocenters. The Morgan fingerprint density at radius 3 is 2.29 bits per heavy atom. The fourth-order valence-corrected chi connectivity index (χ4v) is 3.40. The van der Waals surface area contributed by atoms with Crippen molar-refractivity contribution in [2.24, 2.45) is 0 Å². The lowest BCUT2D eigenvalue weighted by atomic mass is 9.73. The number of hydrogen-bond donors (Lipinski definition) is 1. The molecule has 2 aromatic rings. The van der Waals surface area contributed by atoms with E-state index in [2.05, 4.69) is 48.6 Å². The van der Waals surface area contributed by atoms with Gasteiger partial charge in [0.1, 0.15) is 0 Å². The molecule has 1 heterocycles. The first-order valence-corrected chi connectivity index (χ1v) is 8.63. The Bertz CT molecular complexity index is 673. The van der Waals surface area contributed by atoms with E-state index in [1.807, 2.05) is 25.1 Å². The summed E-state index contributed by atoms with van der Waals surface area (Å²) in [6.07, 6.45) is 1.45. The van der Waals surface area contributed by atoms with Gasteiger partial charge in [-0.15, -0.1) is 0 Å². The fraction of sp³-hybridized carbons (Fsp3) is 0.381. The summed E-state index contributed by atoms with van der Waals surface area (Å²) >= 11 is 0. The second-order valence-corrected chi connectivity index (χ2v) is 6.67. The highest BCUT2D eigenvalue weighted by Crippen LogP contribution is 2.35. The molecule has 0 spiro atoms. The van der Waals surface area contributed by atoms with Crippen molar-refractivity contribution in [1.29, 1.82) is 0 Å². The van der Waals surface area contributed by atoms with E-state index in [9.17, 15) is 4.79 Å². The largest absolute Gasteiger partial charge is 0.381 e. The first-order chi connectivity index (χ1) is 11.6. The number of nitrogens with one attached hydrogen (secondary N) is 1. The molecule has 1 unspecified atom stereocenters. The second-order valence-electron chi connectivity index (χ2n) is 6.67. The van der Waals surface area contributed by atoms with Crippen molar-refractivity contribution in [3.8, 4) is 0 Å². The average molecular weight is 323 g/mol. The number of ether oxygens (including phenoxy) is 1. The van der Waals surface area contributed by atoms with Crippen molar-refractivity contribution >= 4 is 5.91 Å². The van der Waals surface area contributed by atoms with Gasteiger partial charge in [0.15, 0.2) is 0 Å². The van der Waals surface area contributed by atoms with Gasteiger partial charge in [0, 0.05) is 13.2 Å². The molecule has 1 fully saturated rings. The maximum atomic E-state index is 13.2. The van der Waals surface area contributed by atoms with E-state index in [0.717, 1.165) is 24.0 Å². The van der Waals surface area contributed by atoms with Crippen LogP contribution in [0.4, 0.5) is 0 Å². The van der Waals surface area contributed by atoms with E-state index in [1.54, 1.807) is 0 Å². The quantitative estimate of drug-likeness (QED) is 0.926. The number of rotatable bonds is 4. The molecule has 1 amide bonds. The lowest BCUT2D eigenvalue weighted by molar-refractivity contribution is -0.131. The molecule has 126 valence electrons. The summed E-state index contributed by atoms with van der Waals surface area (Å²) in [5.74, 6) is 0.102. The maximum Gasteiger partial charge on any atom is 0.231 e. The van der Waals surface area contributed by atoms with Gasteiger partial charge in [-0.1, -0.05) is 60.2 Å². The van der Waals surface area contributed by atoms with Crippen molar-refractivity contribution in [2.45, 2.75) is 38.1 Å². The molecular formula is C21H25NO2. The minimum Gasteiger partial charge on any atom is -0.381 e. The third kappa shape index (κ3) is 3.36. The SMILES string of the molecule is Cc1ccc(C(C)NC(=O)C2(c3ccccc3)CCOCC2)cc1. The molecule has 0 radical (unpaired) electrons. The zero-order valence-corrected chi connectivity index (χ0v) is 14.4. The van der Waals surface area contributed by atoms with E-state index >= 15 is 0 Å². The highest BCUT2D eigenvalue weighted by atomic mass is 16.5.